The minimum absolute atomic E-state index is 0.0736. The van der Waals surface area contributed by atoms with E-state index in [0.717, 1.165) is 4.31 Å². The van der Waals surface area contributed by atoms with Gasteiger partial charge in [-0.2, -0.15) is 17.5 Å². The maximum atomic E-state index is 12.0. The van der Waals surface area contributed by atoms with Gasteiger partial charge in [-0.1, -0.05) is 6.92 Å². The first-order valence-corrected chi connectivity index (χ1v) is 7.98. The van der Waals surface area contributed by atoms with Crippen LogP contribution >= 0.6 is 0 Å². The van der Waals surface area contributed by atoms with Gasteiger partial charge in [0.05, 0.1) is 12.3 Å². The van der Waals surface area contributed by atoms with E-state index in [4.69, 9.17) is 0 Å². The third-order valence-electron chi connectivity index (χ3n) is 2.58. The van der Waals surface area contributed by atoms with Gasteiger partial charge in [-0.25, -0.2) is 8.42 Å². The average molecular weight is 318 g/mol. The first kappa shape index (κ1) is 19.2. The van der Waals surface area contributed by atoms with Gasteiger partial charge in [-0.05, 0) is 19.3 Å². The Hall–Kier alpha value is -0.830. The molecule has 0 radical (unpaired) electrons. The third-order valence-corrected chi connectivity index (χ3v) is 4.48. The molecule has 0 saturated carbocycles. The molecular weight excluding hydrogens is 297 g/mol. The Kier molecular flexibility index (Phi) is 8.10. The quantitative estimate of drug-likeness (QED) is 0.655. The van der Waals surface area contributed by atoms with E-state index in [-0.39, 0.29) is 31.7 Å². The molecule has 0 saturated heterocycles. The van der Waals surface area contributed by atoms with Crippen molar-refractivity contribution in [3.8, 4) is 0 Å². The Balaban J connectivity index is 4.44. The van der Waals surface area contributed by atoms with E-state index >= 15 is 0 Å². The number of sulfonamides is 1. The number of hydrogen-bond donors (Lipinski definition) is 1. The van der Waals surface area contributed by atoms with Gasteiger partial charge in [0.2, 0.25) is 15.9 Å². The van der Waals surface area contributed by atoms with Gasteiger partial charge in [0.1, 0.15) is 0 Å². The van der Waals surface area contributed by atoms with Crippen LogP contribution in [0.2, 0.25) is 0 Å². The summed E-state index contributed by atoms with van der Waals surface area (Å²) < 4.78 is 60.8. The number of nitrogens with zero attached hydrogens (tertiary/aromatic N) is 1. The summed E-state index contributed by atoms with van der Waals surface area (Å²) in [6.45, 7) is 1.64. The number of halogens is 3. The molecule has 0 aliphatic carbocycles. The topological polar surface area (TPSA) is 66.5 Å². The van der Waals surface area contributed by atoms with Crippen LogP contribution in [0, 0.1) is 0 Å². The van der Waals surface area contributed by atoms with Gasteiger partial charge < -0.3 is 5.32 Å². The van der Waals surface area contributed by atoms with E-state index in [1.165, 1.54) is 7.05 Å². The van der Waals surface area contributed by atoms with Crippen LogP contribution in [0.3, 0.4) is 0 Å². The van der Waals surface area contributed by atoms with Crippen LogP contribution in [0.1, 0.15) is 32.6 Å². The first-order chi connectivity index (χ1) is 9.12. The van der Waals surface area contributed by atoms with Crippen molar-refractivity contribution < 1.29 is 26.4 Å². The Bertz CT molecular complexity index is 396. The highest BCUT2D eigenvalue weighted by Crippen LogP contribution is 2.22. The number of carbonyl (C=O) groups excluding carboxylic acids is 1. The van der Waals surface area contributed by atoms with Crippen molar-refractivity contribution in [1.29, 1.82) is 0 Å². The Morgan fingerprint density at radius 3 is 2.30 bits per heavy atom. The summed E-state index contributed by atoms with van der Waals surface area (Å²) in [5.41, 5.74) is 0. The average Bonchev–Trinajstić information content (AvgIpc) is 2.33. The van der Waals surface area contributed by atoms with E-state index in [1.54, 1.807) is 6.92 Å². The number of alkyl halides is 3. The monoisotopic (exact) mass is 318 g/mol. The van der Waals surface area contributed by atoms with E-state index in [0.29, 0.717) is 6.42 Å². The molecule has 0 heterocycles. The molecule has 5 nitrogen and oxygen atoms in total. The molecule has 0 aliphatic heterocycles. The maximum Gasteiger partial charge on any atom is 0.389 e. The van der Waals surface area contributed by atoms with Crippen LogP contribution in [0.15, 0.2) is 0 Å². The fourth-order valence-electron chi connectivity index (χ4n) is 1.54. The molecule has 0 aromatic carbocycles. The van der Waals surface area contributed by atoms with Crippen molar-refractivity contribution in [2.45, 2.75) is 38.8 Å². The smallest absolute Gasteiger partial charge is 0.358 e. The number of amides is 1. The second kappa shape index (κ2) is 8.46. The number of likely N-dealkylation sites (N-methyl/N-ethyl adjacent to an activating group) is 1. The molecule has 0 unspecified atom stereocenters. The summed E-state index contributed by atoms with van der Waals surface area (Å²) >= 11 is 0. The highest BCUT2D eigenvalue weighted by atomic mass is 32.2. The van der Waals surface area contributed by atoms with Gasteiger partial charge in [0.15, 0.2) is 0 Å². The van der Waals surface area contributed by atoms with Gasteiger partial charge in [-0.15, -0.1) is 0 Å². The summed E-state index contributed by atoms with van der Waals surface area (Å²) in [5.74, 6) is -0.822. The second-order valence-corrected chi connectivity index (χ2v) is 6.48. The molecule has 0 bridgehead atoms. The molecule has 0 aromatic heterocycles. The minimum Gasteiger partial charge on any atom is -0.358 e. The summed E-state index contributed by atoms with van der Waals surface area (Å²) in [6, 6.07) is 0. The molecule has 0 atom stereocenters. The van der Waals surface area contributed by atoms with Gasteiger partial charge >= 0.3 is 6.18 Å². The Morgan fingerprint density at radius 1 is 1.25 bits per heavy atom. The molecular formula is C11H21F3N2O3S. The molecule has 0 aliphatic rings. The van der Waals surface area contributed by atoms with Gasteiger partial charge in [0.25, 0.3) is 0 Å². The first-order valence-electron chi connectivity index (χ1n) is 6.37. The zero-order valence-electron chi connectivity index (χ0n) is 11.7. The van der Waals surface area contributed by atoms with E-state index in [1.807, 2.05) is 0 Å². The summed E-state index contributed by atoms with van der Waals surface area (Å²) in [7, 11) is -2.31. The Morgan fingerprint density at radius 2 is 1.85 bits per heavy atom. The van der Waals surface area contributed by atoms with Crippen LogP contribution in [0.4, 0.5) is 13.2 Å². The third kappa shape index (κ3) is 8.36. The fraction of sp³-hybridized carbons (Fsp3) is 0.909. The van der Waals surface area contributed by atoms with Crippen LogP contribution in [-0.2, 0) is 14.8 Å². The fourth-order valence-corrected chi connectivity index (χ4v) is 3.15. The van der Waals surface area contributed by atoms with Crippen molar-refractivity contribution in [3.05, 3.63) is 0 Å². The van der Waals surface area contributed by atoms with Crippen LogP contribution < -0.4 is 5.32 Å². The normalized spacial score (nSPS) is 12.7. The van der Waals surface area contributed by atoms with Crippen molar-refractivity contribution in [3.63, 3.8) is 0 Å². The predicted octanol–water partition coefficient (Wildman–Crippen LogP) is 1.51. The lowest BCUT2D eigenvalue weighted by atomic mass is 10.2. The number of nitrogens with one attached hydrogen (secondary N) is 1. The summed E-state index contributed by atoms with van der Waals surface area (Å²) in [5, 5.41) is 2.32. The Labute approximate surface area is 117 Å². The van der Waals surface area contributed by atoms with Crippen molar-refractivity contribution >= 4 is 15.9 Å². The lowest BCUT2D eigenvalue weighted by Gasteiger charge is -2.20. The van der Waals surface area contributed by atoms with Crippen molar-refractivity contribution in [1.82, 2.24) is 9.62 Å². The summed E-state index contributed by atoms with van der Waals surface area (Å²) in [6.07, 6.45) is -5.04. The standard InChI is InChI=1S/C11H21F3N2O3S/c1-3-7-16(9-10(17)15-2)20(18,19)8-5-4-6-11(12,13)14/h3-9H2,1-2H3,(H,15,17). The molecule has 0 rings (SSSR count). The number of unbranched alkanes of at least 4 members (excludes halogenated alkanes) is 1. The number of hydrogen-bond acceptors (Lipinski definition) is 3. The van der Waals surface area contributed by atoms with Crippen molar-refractivity contribution in [2.24, 2.45) is 0 Å². The maximum absolute atomic E-state index is 12.0. The molecule has 120 valence electrons. The molecule has 20 heavy (non-hydrogen) atoms. The van der Waals surface area contributed by atoms with Crippen LogP contribution in [0.25, 0.3) is 0 Å². The van der Waals surface area contributed by atoms with E-state index < -0.39 is 28.5 Å². The second-order valence-electron chi connectivity index (χ2n) is 4.40. The molecule has 0 spiro atoms. The summed E-state index contributed by atoms with van der Waals surface area (Å²) in [4.78, 5) is 11.2. The molecule has 9 heteroatoms. The highest BCUT2D eigenvalue weighted by molar-refractivity contribution is 7.89. The highest BCUT2D eigenvalue weighted by Gasteiger charge is 2.27. The molecule has 1 N–H and O–H groups in total. The predicted molar refractivity (Wildman–Crippen MR) is 69.6 cm³/mol. The van der Waals surface area contributed by atoms with Crippen molar-refractivity contribution in [2.75, 3.05) is 25.9 Å². The van der Waals surface area contributed by atoms with Crippen LogP contribution in [-0.4, -0.2) is 50.7 Å². The SMILES string of the molecule is CCCN(CC(=O)NC)S(=O)(=O)CCCCC(F)(F)F. The lowest BCUT2D eigenvalue weighted by molar-refractivity contribution is -0.135. The number of rotatable bonds is 9. The van der Waals surface area contributed by atoms with Crippen LogP contribution in [0.5, 0.6) is 0 Å². The number of carbonyl (C=O) groups is 1. The zero-order valence-corrected chi connectivity index (χ0v) is 12.5. The molecule has 0 fully saturated rings. The van der Waals surface area contributed by atoms with E-state index in [2.05, 4.69) is 5.32 Å². The minimum atomic E-state index is -4.27. The van der Waals surface area contributed by atoms with Gasteiger partial charge in [-0.3, -0.25) is 4.79 Å². The lowest BCUT2D eigenvalue weighted by Crippen LogP contribution is -2.41. The van der Waals surface area contributed by atoms with E-state index in [9.17, 15) is 26.4 Å². The molecule has 1 amide bonds. The molecule has 0 aromatic rings. The largest absolute Gasteiger partial charge is 0.389 e. The van der Waals surface area contributed by atoms with Gasteiger partial charge in [0, 0.05) is 20.0 Å². The zero-order chi connectivity index (χ0) is 15.8.